The van der Waals surface area contributed by atoms with Crippen molar-refractivity contribution in [2.45, 2.75) is 6.42 Å². The summed E-state index contributed by atoms with van der Waals surface area (Å²) in [4.78, 5) is 3.71. The molecule has 0 amide bonds. The number of pyridine rings is 1. The molecule has 0 radical (unpaired) electrons. The van der Waals surface area contributed by atoms with Crippen LogP contribution in [0.5, 0.6) is 0 Å². The van der Waals surface area contributed by atoms with Crippen LogP contribution >= 0.6 is 12.4 Å². The molecule has 0 aliphatic carbocycles. The van der Waals surface area contributed by atoms with Crippen LogP contribution in [0.4, 0.5) is 10.1 Å². The normalized spacial score (nSPS) is 9.17. The van der Waals surface area contributed by atoms with E-state index in [0.29, 0.717) is 5.69 Å². The van der Waals surface area contributed by atoms with Gasteiger partial charge in [0.05, 0.1) is 17.6 Å². The molecule has 1 heterocycles. The second-order valence-corrected chi connectivity index (χ2v) is 2.17. The van der Waals surface area contributed by atoms with E-state index >= 15 is 0 Å². The number of nitrogen functional groups attached to an aromatic ring is 1. The molecule has 0 aliphatic heterocycles. The largest absolute Gasteiger partial charge is 0.397 e. The molecule has 0 fully saturated rings. The Hall–Kier alpha value is -0.870. The van der Waals surface area contributed by atoms with Gasteiger partial charge in [0.1, 0.15) is 5.82 Å². The number of nitrogens with zero attached hydrogens (tertiary/aromatic N) is 1. The van der Waals surface area contributed by atoms with Gasteiger partial charge in [-0.15, -0.1) is 12.4 Å². The topological polar surface area (TPSA) is 59.1 Å². The van der Waals surface area contributed by atoms with E-state index in [1.807, 2.05) is 0 Å². The number of anilines is 1. The Labute approximate surface area is 75.8 Å². The molecular formula is C7H10ClFN2O. The van der Waals surface area contributed by atoms with Gasteiger partial charge in [0.25, 0.3) is 0 Å². The molecular weight excluding hydrogens is 183 g/mol. The molecule has 0 bridgehead atoms. The SMILES string of the molecule is Cl.Nc1cnc(CCO)c(F)c1. The Kier molecular flexibility index (Phi) is 4.54. The van der Waals surface area contributed by atoms with Crippen molar-refractivity contribution in [1.29, 1.82) is 0 Å². The second kappa shape index (κ2) is 4.90. The average molecular weight is 193 g/mol. The van der Waals surface area contributed by atoms with Crippen molar-refractivity contribution in [3.63, 3.8) is 0 Å². The molecule has 0 unspecified atom stereocenters. The summed E-state index contributed by atoms with van der Waals surface area (Å²) in [6.07, 6.45) is 1.60. The molecule has 3 nitrogen and oxygen atoms in total. The van der Waals surface area contributed by atoms with Gasteiger partial charge in [-0.1, -0.05) is 0 Å². The van der Waals surface area contributed by atoms with Gasteiger partial charge >= 0.3 is 0 Å². The first-order valence-corrected chi connectivity index (χ1v) is 3.25. The second-order valence-electron chi connectivity index (χ2n) is 2.17. The maximum atomic E-state index is 12.8. The molecule has 0 aliphatic rings. The lowest BCUT2D eigenvalue weighted by atomic mass is 10.2. The van der Waals surface area contributed by atoms with Crippen molar-refractivity contribution in [2.24, 2.45) is 0 Å². The number of aromatic nitrogens is 1. The highest BCUT2D eigenvalue weighted by Gasteiger charge is 2.01. The van der Waals surface area contributed by atoms with Crippen molar-refractivity contribution in [2.75, 3.05) is 12.3 Å². The van der Waals surface area contributed by atoms with Gasteiger partial charge in [0.2, 0.25) is 0 Å². The van der Waals surface area contributed by atoms with Gasteiger partial charge in [-0.3, -0.25) is 4.98 Å². The standard InChI is InChI=1S/C7H9FN2O.ClH/c8-6-3-5(9)4-10-7(6)1-2-11;/h3-4,11H,1-2,9H2;1H. The summed E-state index contributed by atoms with van der Waals surface area (Å²) in [7, 11) is 0. The van der Waals surface area contributed by atoms with E-state index in [2.05, 4.69) is 4.98 Å². The predicted molar refractivity (Wildman–Crippen MR) is 46.6 cm³/mol. The summed E-state index contributed by atoms with van der Waals surface area (Å²) in [5, 5.41) is 8.48. The highest BCUT2D eigenvalue weighted by atomic mass is 35.5. The number of hydrogen-bond acceptors (Lipinski definition) is 3. The summed E-state index contributed by atoms with van der Waals surface area (Å²) < 4.78 is 12.8. The van der Waals surface area contributed by atoms with Crippen LogP contribution in [-0.4, -0.2) is 16.7 Å². The maximum Gasteiger partial charge on any atom is 0.146 e. The van der Waals surface area contributed by atoms with E-state index in [-0.39, 0.29) is 31.1 Å². The zero-order chi connectivity index (χ0) is 8.27. The molecule has 3 N–H and O–H groups in total. The fourth-order valence-corrected chi connectivity index (χ4v) is 0.771. The minimum Gasteiger partial charge on any atom is -0.397 e. The van der Waals surface area contributed by atoms with Crippen molar-refractivity contribution < 1.29 is 9.50 Å². The van der Waals surface area contributed by atoms with Crippen molar-refractivity contribution in [1.82, 2.24) is 4.98 Å². The lowest BCUT2D eigenvalue weighted by Crippen LogP contribution is -1.99. The first-order chi connectivity index (χ1) is 5.24. The average Bonchev–Trinajstić information content (AvgIpc) is 1.95. The highest BCUT2D eigenvalue weighted by molar-refractivity contribution is 5.85. The van der Waals surface area contributed by atoms with E-state index < -0.39 is 5.82 Å². The number of nitrogens with two attached hydrogens (primary N) is 1. The molecule has 12 heavy (non-hydrogen) atoms. The molecule has 68 valence electrons. The van der Waals surface area contributed by atoms with Gasteiger partial charge in [0.15, 0.2) is 0 Å². The van der Waals surface area contributed by atoms with Crippen molar-refractivity contribution >= 4 is 18.1 Å². The van der Waals surface area contributed by atoms with Gasteiger partial charge in [-0.05, 0) is 0 Å². The van der Waals surface area contributed by atoms with Gasteiger partial charge < -0.3 is 10.8 Å². The summed E-state index contributed by atoms with van der Waals surface area (Å²) in [6, 6.07) is 1.19. The lowest BCUT2D eigenvalue weighted by Gasteiger charge is -1.99. The Morgan fingerprint density at radius 1 is 1.58 bits per heavy atom. The van der Waals surface area contributed by atoms with E-state index in [1.165, 1.54) is 12.3 Å². The van der Waals surface area contributed by atoms with Crippen LogP contribution in [0.1, 0.15) is 5.69 Å². The monoisotopic (exact) mass is 192 g/mol. The summed E-state index contributed by atoms with van der Waals surface area (Å²) in [5.41, 5.74) is 5.81. The van der Waals surface area contributed by atoms with E-state index in [1.54, 1.807) is 0 Å². The number of aliphatic hydroxyl groups excluding tert-OH is 1. The van der Waals surface area contributed by atoms with Crippen LogP contribution in [0.15, 0.2) is 12.3 Å². The van der Waals surface area contributed by atoms with E-state index in [0.717, 1.165) is 0 Å². The minimum absolute atomic E-state index is 0. The number of aliphatic hydroxyl groups is 1. The molecule has 1 aromatic rings. The molecule has 0 saturated heterocycles. The number of halogens is 2. The molecule has 5 heteroatoms. The summed E-state index contributed by atoms with van der Waals surface area (Å²) in [6.45, 7) is -0.103. The van der Waals surface area contributed by atoms with Gasteiger partial charge in [-0.25, -0.2) is 4.39 Å². The van der Waals surface area contributed by atoms with Crippen LogP contribution in [-0.2, 0) is 6.42 Å². The number of hydrogen-bond donors (Lipinski definition) is 2. The number of rotatable bonds is 2. The van der Waals surface area contributed by atoms with E-state index in [9.17, 15) is 4.39 Å². The predicted octanol–water partition coefficient (Wildman–Crippen LogP) is 0.760. The molecule has 0 atom stereocenters. The van der Waals surface area contributed by atoms with Gasteiger partial charge in [-0.2, -0.15) is 0 Å². The Morgan fingerprint density at radius 2 is 2.25 bits per heavy atom. The van der Waals surface area contributed by atoms with E-state index in [4.69, 9.17) is 10.8 Å². The van der Waals surface area contributed by atoms with Crippen LogP contribution in [0.3, 0.4) is 0 Å². The third kappa shape index (κ3) is 2.64. The lowest BCUT2D eigenvalue weighted by molar-refractivity contribution is 0.296. The third-order valence-corrected chi connectivity index (χ3v) is 1.29. The van der Waals surface area contributed by atoms with Crippen molar-refractivity contribution in [3.8, 4) is 0 Å². The first-order valence-electron chi connectivity index (χ1n) is 3.25. The highest BCUT2D eigenvalue weighted by Crippen LogP contribution is 2.07. The minimum atomic E-state index is -0.459. The quantitative estimate of drug-likeness (QED) is 0.728. The van der Waals surface area contributed by atoms with Crippen LogP contribution in [0.25, 0.3) is 0 Å². The molecule has 1 rings (SSSR count). The smallest absolute Gasteiger partial charge is 0.146 e. The Morgan fingerprint density at radius 3 is 2.75 bits per heavy atom. The Bertz CT molecular complexity index is 257. The van der Waals surface area contributed by atoms with Crippen molar-refractivity contribution in [3.05, 3.63) is 23.8 Å². The third-order valence-electron chi connectivity index (χ3n) is 1.29. The zero-order valence-electron chi connectivity index (χ0n) is 6.33. The van der Waals surface area contributed by atoms with Crippen LogP contribution < -0.4 is 5.73 Å². The molecule has 1 aromatic heterocycles. The molecule has 0 spiro atoms. The van der Waals surface area contributed by atoms with Gasteiger partial charge in [0, 0.05) is 19.1 Å². The van der Waals surface area contributed by atoms with Crippen LogP contribution in [0.2, 0.25) is 0 Å². The Balaban J connectivity index is 0.00000121. The molecule has 0 aromatic carbocycles. The zero-order valence-corrected chi connectivity index (χ0v) is 7.14. The fourth-order valence-electron chi connectivity index (χ4n) is 0.771. The van der Waals surface area contributed by atoms with Crippen LogP contribution in [0, 0.1) is 5.82 Å². The summed E-state index contributed by atoms with van der Waals surface area (Å²) >= 11 is 0. The molecule has 0 saturated carbocycles. The fraction of sp³-hybridized carbons (Fsp3) is 0.286. The summed E-state index contributed by atoms with van der Waals surface area (Å²) in [5.74, 6) is -0.459. The first kappa shape index (κ1) is 11.1. The maximum absolute atomic E-state index is 12.8.